The highest BCUT2D eigenvalue weighted by molar-refractivity contribution is 5.92. The number of halogens is 2. The number of nitrogens with one attached hydrogen (secondary N) is 1. The molecule has 6 rings (SSSR count). The molecule has 20 heteroatoms. The number of carbonyl (C=O) groups is 3. The molecule has 0 bridgehead atoms. The average molecular weight is 908 g/mol. The lowest BCUT2D eigenvalue weighted by molar-refractivity contribution is -0.174. The molecule has 350 valence electrons. The number of hydrogen-bond acceptors (Lipinski definition) is 13. The molecule has 2 aromatic carbocycles. The maximum Gasteiger partial charge on any atom is 0.410 e. The van der Waals surface area contributed by atoms with Crippen LogP contribution in [0.1, 0.15) is 67.9 Å². The van der Waals surface area contributed by atoms with Gasteiger partial charge in [0.15, 0.2) is 11.6 Å². The number of carboxylic acids is 1. The van der Waals surface area contributed by atoms with Gasteiger partial charge in [-0.2, -0.15) is 9.49 Å². The number of aliphatic carboxylic acids is 1. The highest BCUT2D eigenvalue weighted by Gasteiger charge is 2.47. The molecule has 65 heavy (non-hydrogen) atoms. The van der Waals surface area contributed by atoms with Crippen LogP contribution in [0.5, 0.6) is 11.5 Å². The van der Waals surface area contributed by atoms with E-state index in [0.717, 1.165) is 17.3 Å². The Kier molecular flexibility index (Phi) is 14.8. The van der Waals surface area contributed by atoms with Gasteiger partial charge < -0.3 is 60.1 Å². The van der Waals surface area contributed by atoms with Gasteiger partial charge in [-0.3, -0.25) is 14.3 Å². The third kappa shape index (κ3) is 10.7. The highest BCUT2D eigenvalue weighted by Crippen LogP contribution is 2.38. The van der Waals surface area contributed by atoms with Crippen molar-refractivity contribution < 1.29 is 62.9 Å². The van der Waals surface area contributed by atoms with Gasteiger partial charge in [0, 0.05) is 68.5 Å². The van der Waals surface area contributed by atoms with Gasteiger partial charge in [-0.25, -0.2) is 14.2 Å². The molecular formula is C45H55F2N7O11. The molecule has 18 nitrogen and oxygen atoms in total. The topological polar surface area (TPSA) is 256 Å². The van der Waals surface area contributed by atoms with Gasteiger partial charge in [0.2, 0.25) is 11.7 Å². The van der Waals surface area contributed by atoms with E-state index in [9.17, 15) is 44.3 Å². The number of carboxylic acid groups (broad SMARTS) is 1. The lowest BCUT2D eigenvalue weighted by Crippen LogP contribution is -2.57. The largest absolute Gasteiger partial charge is 0.489 e. The Labute approximate surface area is 373 Å². The van der Waals surface area contributed by atoms with Gasteiger partial charge in [0.25, 0.3) is 0 Å². The number of carbonyl (C=O) groups excluding carboxylic acids is 2. The second-order valence-electron chi connectivity index (χ2n) is 17.2. The number of benzene rings is 2. The van der Waals surface area contributed by atoms with Gasteiger partial charge in [0.1, 0.15) is 42.4 Å². The molecule has 1 unspecified atom stereocenters. The minimum absolute atomic E-state index is 0.00652. The zero-order valence-electron chi connectivity index (χ0n) is 36.9. The number of aromatic nitrogens is 4. The number of ether oxygens (including phenoxy) is 3. The quantitative estimate of drug-likeness (QED) is 0.0739. The Hall–Kier alpha value is -6.19. The van der Waals surface area contributed by atoms with Crippen molar-refractivity contribution in [2.45, 2.75) is 90.6 Å². The summed E-state index contributed by atoms with van der Waals surface area (Å²) in [6, 6.07) is 10.2. The van der Waals surface area contributed by atoms with E-state index in [0.29, 0.717) is 28.2 Å². The van der Waals surface area contributed by atoms with Crippen molar-refractivity contribution in [1.82, 2.24) is 24.1 Å². The lowest BCUT2D eigenvalue weighted by Gasteiger charge is -2.38. The molecule has 1 fully saturated rings. The molecule has 1 aliphatic carbocycles. The maximum atomic E-state index is 15.5. The van der Waals surface area contributed by atoms with E-state index in [-0.39, 0.29) is 68.3 Å². The molecule has 1 saturated carbocycles. The molecule has 6 atom stereocenters. The first-order valence-electron chi connectivity index (χ1n) is 20.9. The van der Waals surface area contributed by atoms with E-state index in [1.54, 1.807) is 40.7 Å². The van der Waals surface area contributed by atoms with E-state index >= 15 is 4.39 Å². The van der Waals surface area contributed by atoms with Crippen molar-refractivity contribution in [2.24, 2.45) is 24.1 Å². The Morgan fingerprint density at radius 2 is 1.80 bits per heavy atom. The summed E-state index contributed by atoms with van der Waals surface area (Å²) in [5.41, 5.74) is 9.38. The number of anilines is 1. The van der Waals surface area contributed by atoms with Crippen molar-refractivity contribution in [3.05, 3.63) is 94.7 Å². The van der Waals surface area contributed by atoms with E-state index < -0.39 is 71.5 Å². The summed E-state index contributed by atoms with van der Waals surface area (Å²) in [6.07, 6.45) is -4.97. The number of nitrogens with two attached hydrogens (primary N) is 1. The van der Waals surface area contributed by atoms with Crippen molar-refractivity contribution in [2.75, 3.05) is 25.5 Å². The zero-order valence-corrected chi connectivity index (χ0v) is 36.9. The Morgan fingerprint density at radius 3 is 2.49 bits per heavy atom. The molecule has 3 heterocycles. The SMILES string of the molecule is Cc1c(CCOc2c(-c3ccc4ncc(CN(C)C(=O)OCc5ccc(O[C@@H]6C[C@H](C(=O)O)[C@@H](O)[C@H](O)[C@H]6O)c(NC(=O)CCN)c5)n4c3)ccc(F)c2F)c(C(O)C(C)(C)C)nn1C. The van der Waals surface area contributed by atoms with Crippen molar-refractivity contribution >= 4 is 29.3 Å². The van der Waals surface area contributed by atoms with Gasteiger partial charge >= 0.3 is 12.1 Å². The number of aliphatic hydroxyl groups is 4. The first-order valence-corrected chi connectivity index (χ1v) is 20.9. The summed E-state index contributed by atoms with van der Waals surface area (Å²) >= 11 is 0. The predicted molar refractivity (Wildman–Crippen MR) is 231 cm³/mol. The van der Waals surface area contributed by atoms with Crippen LogP contribution in [0.4, 0.5) is 19.3 Å². The molecule has 0 saturated heterocycles. The molecule has 2 amide bonds. The predicted octanol–water partition coefficient (Wildman–Crippen LogP) is 4.01. The van der Waals surface area contributed by atoms with Gasteiger partial charge in [-0.05, 0) is 54.3 Å². The third-order valence-corrected chi connectivity index (χ3v) is 11.4. The Morgan fingerprint density at radius 1 is 1.06 bits per heavy atom. The van der Waals surface area contributed by atoms with Gasteiger partial charge in [0.05, 0.1) is 48.4 Å². The fraction of sp³-hybridized carbons (Fsp3) is 0.444. The molecule has 5 aromatic rings. The van der Waals surface area contributed by atoms with Crippen LogP contribution in [0.3, 0.4) is 0 Å². The number of pyridine rings is 1. The van der Waals surface area contributed by atoms with Crippen LogP contribution in [0, 0.1) is 29.9 Å². The second kappa shape index (κ2) is 19.9. The van der Waals surface area contributed by atoms with Crippen molar-refractivity contribution in [3.63, 3.8) is 0 Å². The molecule has 3 aromatic heterocycles. The maximum absolute atomic E-state index is 15.5. The standard InChI is InChI=1S/C45H55F2N7O11/c1-23-27(37(51-53(23)6)42(59)45(2,3)4)14-16-63-41-28(9-10-30(46)36(41)47)25-8-12-34-49-19-26(54(34)20-25)21-52(5)44(62)64-22-24-7-11-32(31(17-24)50-35(55)13-15-48)65-33-18-29(43(60)61)38(56)40(58)39(33)57/h7-12,17,19-20,29,33,38-40,42,56-59H,13-16,18,21-22,48H2,1-6H3,(H,50,55)(H,60,61)/t29-,33+,38+,39-,40-,42?/m0/s1. The van der Waals surface area contributed by atoms with Crippen LogP contribution in [-0.2, 0) is 40.9 Å². The minimum Gasteiger partial charge on any atom is -0.489 e. The molecule has 8 N–H and O–H groups in total. The zero-order chi connectivity index (χ0) is 47.5. The number of hydrogen-bond donors (Lipinski definition) is 7. The lowest BCUT2D eigenvalue weighted by atomic mass is 9.80. The summed E-state index contributed by atoms with van der Waals surface area (Å²) in [7, 11) is 3.27. The molecule has 0 spiro atoms. The van der Waals surface area contributed by atoms with Gasteiger partial charge in [-0.1, -0.05) is 26.8 Å². The summed E-state index contributed by atoms with van der Waals surface area (Å²) in [5, 5.41) is 58.8. The molecule has 0 aliphatic heterocycles. The normalized spacial score (nSPS) is 19.2. The van der Waals surface area contributed by atoms with Crippen LogP contribution in [0.15, 0.2) is 54.9 Å². The minimum atomic E-state index is -1.81. The van der Waals surface area contributed by atoms with Gasteiger partial charge in [-0.15, -0.1) is 0 Å². The van der Waals surface area contributed by atoms with Crippen LogP contribution in [-0.4, -0.2) is 112 Å². The second-order valence-corrected chi connectivity index (χ2v) is 17.2. The Balaban J connectivity index is 1.15. The highest BCUT2D eigenvalue weighted by atomic mass is 19.2. The van der Waals surface area contributed by atoms with E-state index in [2.05, 4.69) is 15.4 Å². The van der Waals surface area contributed by atoms with E-state index in [4.69, 9.17) is 19.9 Å². The van der Waals surface area contributed by atoms with Crippen molar-refractivity contribution in [1.29, 1.82) is 0 Å². The molecular weight excluding hydrogens is 853 g/mol. The smallest absolute Gasteiger partial charge is 0.410 e. The summed E-state index contributed by atoms with van der Waals surface area (Å²) in [4.78, 5) is 43.3. The summed E-state index contributed by atoms with van der Waals surface area (Å²) in [6.45, 7) is 7.27. The Bertz CT molecular complexity index is 2540. The number of aliphatic hydroxyl groups excluding tert-OH is 4. The van der Waals surface area contributed by atoms with Crippen LogP contribution >= 0.6 is 0 Å². The number of rotatable bonds is 16. The first-order chi connectivity index (χ1) is 30.7. The fourth-order valence-electron chi connectivity index (χ4n) is 7.57. The first kappa shape index (κ1) is 48.3. The number of imidazole rings is 1. The number of amides is 2. The number of nitrogens with zero attached hydrogens (tertiary/aromatic N) is 5. The summed E-state index contributed by atoms with van der Waals surface area (Å²) < 4.78 is 51.0. The average Bonchev–Trinajstić information content (AvgIpc) is 3.79. The number of fused-ring (bicyclic) bond motifs is 1. The number of aryl methyl sites for hydroxylation is 1. The van der Waals surface area contributed by atoms with Crippen LogP contribution in [0.25, 0.3) is 16.8 Å². The fourth-order valence-corrected chi connectivity index (χ4v) is 7.57. The van der Waals surface area contributed by atoms with Crippen LogP contribution < -0.4 is 20.5 Å². The van der Waals surface area contributed by atoms with E-state index in [1.165, 1.54) is 36.2 Å². The van der Waals surface area contributed by atoms with Crippen LogP contribution in [0.2, 0.25) is 0 Å². The van der Waals surface area contributed by atoms with E-state index in [1.807, 2.05) is 27.7 Å². The third-order valence-electron chi connectivity index (χ3n) is 11.4. The molecule has 0 radical (unpaired) electrons. The van der Waals surface area contributed by atoms with Crippen molar-refractivity contribution in [3.8, 4) is 22.6 Å². The molecule has 1 aliphatic rings. The summed E-state index contributed by atoms with van der Waals surface area (Å²) in [5.74, 6) is -5.85. The monoisotopic (exact) mass is 907 g/mol.